The van der Waals surface area contributed by atoms with Crippen molar-refractivity contribution in [3.63, 3.8) is 0 Å². The molecule has 0 saturated carbocycles. The lowest BCUT2D eigenvalue weighted by molar-refractivity contribution is 0.661. The molecule has 0 fully saturated rings. The summed E-state index contributed by atoms with van der Waals surface area (Å²) in [5.74, 6) is 1.81. The molecule has 6 heteroatoms. The molecule has 0 radical (unpaired) electrons. The molecular weight excluding hydrogens is 381 g/mol. The van der Waals surface area contributed by atoms with E-state index in [9.17, 15) is 0 Å². The molecular formula is C12H12Br2ClN3. The van der Waals surface area contributed by atoms with Gasteiger partial charge >= 0.3 is 0 Å². The van der Waals surface area contributed by atoms with E-state index in [1.165, 1.54) is 0 Å². The summed E-state index contributed by atoms with van der Waals surface area (Å²) in [6, 6.07) is 5.69. The van der Waals surface area contributed by atoms with E-state index in [0.29, 0.717) is 10.4 Å². The molecule has 18 heavy (non-hydrogen) atoms. The van der Waals surface area contributed by atoms with Crippen LogP contribution in [0.5, 0.6) is 0 Å². The van der Waals surface area contributed by atoms with Gasteiger partial charge in [0.2, 0.25) is 0 Å². The van der Waals surface area contributed by atoms with Crippen molar-refractivity contribution in [3.8, 4) is 11.4 Å². The number of aromatic nitrogens is 3. The molecule has 2 aromatic rings. The van der Waals surface area contributed by atoms with E-state index in [0.717, 1.165) is 34.7 Å². The highest BCUT2D eigenvalue weighted by Crippen LogP contribution is 2.30. The molecule has 1 aromatic heterocycles. The molecule has 3 nitrogen and oxygen atoms in total. The maximum Gasteiger partial charge on any atom is 0.165 e. The standard InChI is InChI=1S/C12H12Br2ClN3/c1-2-5-18-11(7-13)16-17-12(18)9-4-3-8(15)6-10(9)14/h3-4,6H,2,5,7H2,1H3. The third-order valence-corrected chi connectivity index (χ3v) is 3.96. The molecule has 0 spiro atoms. The molecule has 1 heterocycles. The van der Waals surface area contributed by atoms with Gasteiger partial charge < -0.3 is 4.57 Å². The fourth-order valence-electron chi connectivity index (χ4n) is 1.76. The second-order valence-corrected chi connectivity index (χ2v) is 5.70. The summed E-state index contributed by atoms with van der Waals surface area (Å²) in [5, 5.41) is 9.88. The van der Waals surface area contributed by atoms with Crippen LogP contribution in [0.25, 0.3) is 11.4 Å². The highest BCUT2D eigenvalue weighted by molar-refractivity contribution is 9.10. The van der Waals surface area contributed by atoms with Crippen molar-refractivity contribution in [3.05, 3.63) is 33.5 Å². The topological polar surface area (TPSA) is 30.7 Å². The molecule has 0 aliphatic heterocycles. The van der Waals surface area contributed by atoms with Crippen LogP contribution >= 0.6 is 43.5 Å². The molecule has 0 N–H and O–H groups in total. The van der Waals surface area contributed by atoms with Crippen LogP contribution in [0, 0.1) is 0 Å². The Labute approximate surface area is 128 Å². The molecule has 0 aliphatic rings. The van der Waals surface area contributed by atoms with Gasteiger partial charge in [0, 0.05) is 21.6 Å². The van der Waals surface area contributed by atoms with Crippen molar-refractivity contribution in [2.24, 2.45) is 0 Å². The van der Waals surface area contributed by atoms with Crippen molar-refractivity contribution in [1.82, 2.24) is 14.8 Å². The Hall–Kier alpha value is -0.390. The van der Waals surface area contributed by atoms with Crippen LogP contribution in [-0.4, -0.2) is 14.8 Å². The Morgan fingerprint density at radius 1 is 1.33 bits per heavy atom. The van der Waals surface area contributed by atoms with Gasteiger partial charge in [0.05, 0.1) is 5.33 Å². The van der Waals surface area contributed by atoms with E-state index in [-0.39, 0.29) is 0 Å². The summed E-state index contributed by atoms with van der Waals surface area (Å²) in [4.78, 5) is 0. The van der Waals surface area contributed by atoms with Crippen LogP contribution in [0.3, 0.4) is 0 Å². The average Bonchev–Trinajstić information content (AvgIpc) is 2.73. The Kier molecular flexibility index (Phi) is 4.81. The van der Waals surface area contributed by atoms with Gasteiger partial charge in [-0.2, -0.15) is 0 Å². The predicted octanol–water partition coefficient (Wildman–Crippen LogP) is 4.67. The SMILES string of the molecule is CCCn1c(CBr)nnc1-c1ccc(Cl)cc1Br. The van der Waals surface area contributed by atoms with Crippen LogP contribution in [0.4, 0.5) is 0 Å². The van der Waals surface area contributed by atoms with Crippen LogP contribution in [0.2, 0.25) is 5.02 Å². The fraction of sp³-hybridized carbons (Fsp3) is 0.333. The summed E-state index contributed by atoms with van der Waals surface area (Å²) in [6.07, 6.45) is 1.04. The molecule has 0 unspecified atom stereocenters. The second-order valence-electron chi connectivity index (χ2n) is 3.85. The van der Waals surface area contributed by atoms with Crippen LogP contribution in [0.1, 0.15) is 19.2 Å². The largest absolute Gasteiger partial charge is 0.310 e. The lowest BCUT2D eigenvalue weighted by Crippen LogP contribution is -2.04. The smallest absolute Gasteiger partial charge is 0.165 e. The van der Waals surface area contributed by atoms with E-state index in [4.69, 9.17) is 11.6 Å². The molecule has 0 atom stereocenters. The number of benzene rings is 1. The van der Waals surface area contributed by atoms with Crippen LogP contribution in [0.15, 0.2) is 22.7 Å². The number of rotatable bonds is 4. The van der Waals surface area contributed by atoms with Crippen molar-refractivity contribution in [1.29, 1.82) is 0 Å². The van der Waals surface area contributed by atoms with Crippen LogP contribution < -0.4 is 0 Å². The molecule has 0 aliphatic carbocycles. The summed E-state index contributed by atoms with van der Waals surface area (Å²) < 4.78 is 3.06. The van der Waals surface area contributed by atoms with Gasteiger partial charge in [-0.05, 0) is 40.5 Å². The highest BCUT2D eigenvalue weighted by Gasteiger charge is 2.14. The lowest BCUT2D eigenvalue weighted by atomic mass is 10.2. The van der Waals surface area contributed by atoms with Crippen molar-refractivity contribution in [2.75, 3.05) is 0 Å². The summed E-state index contributed by atoms with van der Waals surface area (Å²) in [7, 11) is 0. The predicted molar refractivity (Wildman–Crippen MR) is 81.1 cm³/mol. The van der Waals surface area contributed by atoms with E-state index in [1.807, 2.05) is 18.2 Å². The number of hydrogen-bond donors (Lipinski definition) is 0. The first-order chi connectivity index (χ1) is 8.67. The first-order valence-electron chi connectivity index (χ1n) is 5.60. The van der Waals surface area contributed by atoms with Gasteiger partial charge in [0.25, 0.3) is 0 Å². The van der Waals surface area contributed by atoms with Gasteiger partial charge in [0.15, 0.2) is 5.82 Å². The minimum absolute atomic E-state index is 0.700. The quantitative estimate of drug-likeness (QED) is 0.707. The average molecular weight is 394 g/mol. The molecule has 0 bridgehead atoms. The summed E-state index contributed by atoms with van der Waals surface area (Å²) in [6.45, 7) is 3.04. The Morgan fingerprint density at radius 3 is 2.72 bits per heavy atom. The number of hydrogen-bond acceptors (Lipinski definition) is 2. The van der Waals surface area contributed by atoms with Gasteiger partial charge in [-0.3, -0.25) is 0 Å². The minimum atomic E-state index is 0.700. The van der Waals surface area contributed by atoms with Crippen molar-refractivity contribution >= 4 is 43.5 Å². The molecule has 96 valence electrons. The Bertz CT molecular complexity index is 554. The third kappa shape index (κ3) is 2.78. The highest BCUT2D eigenvalue weighted by atomic mass is 79.9. The normalized spacial score (nSPS) is 10.9. The number of alkyl halides is 1. The van der Waals surface area contributed by atoms with Gasteiger partial charge in [-0.25, -0.2) is 0 Å². The first kappa shape index (κ1) is 14.0. The first-order valence-corrected chi connectivity index (χ1v) is 7.90. The fourth-order valence-corrected chi connectivity index (χ4v) is 3.04. The zero-order chi connectivity index (χ0) is 13.1. The van der Waals surface area contributed by atoms with E-state index in [1.54, 1.807) is 0 Å². The van der Waals surface area contributed by atoms with Gasteiger partial charge in [0.1, 0.15) is 5.82 Å². The van der Waals surface area contributed by atoms with E-state index in [2.05, 4.69) is 53.5 Å². The monoisotopic (exact) mass is 391 g/mol. The van der Waals surface area contributed by atoms with Gasteiger partial charge in [-0.1, -0.05) is 34.5 Å². The molecule has 1 aromatic carbocycles. The number of halogens is 3. The Balaban J connectivity index is 2.52. The maximum absolute atomic E-state index is 5.96. The Morgan fingerprint density at radius 2 is 2.11 bits per heavy atom. The zero-order valence-corrected chi connectivity index (χ0v) is 13.8. The second kappa shape index (κ2) is 6.17. The third-order valence-electron chi connectivity index (χ3n) is 2.57. The summed E-state index contributed by atoms with van der Waals surface area (Å²) >= 11 is 12.9. The van der Waals surface area contributed by atoms with Crippen molar-refractivity contribution in [2.45, 2.75) is 25.2 Å². The molecule has 0 amide bonds. The lowest BCUT2D eigenvalue weighted by Gasteiger charge is -2.09. The van der Waals surface area contributed by atoms with Crippen molar-refractivity contribution < 1.29 is 0 Å². The summed E-state index contributed by atoms with van der Waals surface area (Å²) in [5.41, 5.74) is 1.01. The van der Waals surface area contributed by atoms with E-state index >= 15 is 0 Å². The minimum Gasteiger partial charge on any atom is -0.310 e. The molecule has 2 rings (SSSR count). The van der Waals surface area contributed by atoms with Crippen LogP contribution in [-0.2, 0) is 11.9 Å². The maximum atomic E-state index is 5.96. The molecule has 0 saturated heterocycles. The van der Waals surface area contributed by atoms with E-state index < -0.39 is 0 Å². The zero-order valence-electron chi connectivity index (χ0n) is 9.83. The van der Waals surface area contributed by atoms with Gasteiger partial charge in [-0.15, -0.1) is 10.2 Å². The number of nitrogens with zero attached hydrogens (tertiary/aromatic N) is 3.